The lowest BCUT2D eigenvalue weighted by Gasteiger charge is -2.22. The fraction of sp³-hybridized carbons (Fsp3) is 0.600. The number of pyridine rings is 1. The van der Waals surface area contributed by atoms with E-state index in [1.807, 2.05) is 12.1 Å². The summed E-state index contributed by atoms with van der Waals surface area (Å²) in [4.78, 5) is 15.5. The molecule has 0 saturated heterocycles. The predicted molar refractivity (Wildman–Crippen MR) is 75.4 cm³/mol. The lowest BCUT2D eigenvalue weighted by molar-refractivity contribution is -0.142. The van der Waals surface area contributed by atoms with Gasteiger partial charge >= 0.3 is 5.97 Å². The van der Waals surface area contributed by atoms with Crippen LogP contribution in [0, 0.1) is 0 Å². The molecule has 1 heterocycles. The SMILES string of the molecule is COC(=O)C(N)Cc1ccc(OC2CCCCC2)nc1. The van der Waals surface area contributed by atoms with Crippen LogP contribution in [0.4, 0.5) is 0 Å². The molecule has 110 valence electrons. The molecule has 1 unspecified atom stereocenters. The van der Waals surface area contributed by atoms with E-state index in [0.29, 0.717) is 18.4 Å². The van der Waals surface area contributed by atoms with Gasteiger partial charge in [-0.2, -0.15) is 0 Å². The van der Waals surface area contributed by atoms with E-state index in [-0.39, 0.29) is 0 Å². The molecule has 0 aliphatic heterocycles. The molecule has 1 aliphatic carbocycles. The van der Waals surface area contributed by atoms with Gasteiger partial charge in [0.05, 0.1) is 7.11 Å². The van der Waals surface area contributed by atoms with E-state index in [9.17, 15) is 4.79 Å². The van der Waals surface area contributed by atoms with Crippen molar-refractivity contribution in [2.45, 2.75) is 50.7 Å². The number of nitrogens with zero attached hydrogens (tertiary/aromatic N) is 1. The standard InChI is InChI=1S/C15H22N2O3/c1-19-15(18)13(16)9-11-7-8-14(17-10-11)20-12-5-3-2-4-6-12/h7-8,10,12-13H,2-6,9,16H2,1H3. The van der Waals surface area contributed by atoms with Gasteiger partial charge in [0.1, 0.15) is 12.1 Å². The summed E-state index contributed by atoms with van der Waals surface area (Å²) in [6.07, 6.45) is 8.40. The van der Waals surface area contributed by atoms with Gasteiger partial charge in [-0.05, 0) is 37.7 Å². The van der Waals surface area contributed by atoms with Gasteiger partial charge in [0, 0.05) is 12.3 Å². The summed E-state index contributed by atoms with van der Waals surface area (Å²) < 4.78 is 10.4. The molecule has 0 radical (unpaired) electrons. The summed E-state index contributed by atoms with van der Waals surface area (Å²) in [7, 11) is 1.33. The van der Waals surface area contributed by atoms with E-state index >= 15 is 0 Å². The molecule has 1 aliphatic rings. The Kier molecular flexibility index (Phi) is 5.35. The van der Waals surface area contributed by atoms with Crippen molar-refractivity contribution in [1.29, 1.82) is 0 Å². The minimum absolute atomic E-state index is 0.291. The van der Waals surface area contributed by atoms with Crippen LogP contribution in [0.25, 0.3) is 0 Å². The van der Waals surface area contributed by atoms with Crippen LogP contribution in [0.1, 0.15) is 37.7 Å². The molecule has 2 rings (SSSR count). The maximum Gasteiger partial charge on any atom is 0.322 e. The largest absolute Gasteiger partial charge is 0.474 e. The quantitative estimate of drug-likeness (QED) is 0.832. The summed E-state index contributed by atoms with van der Waals surface area (Å²) in [5.41, 5.74) is 6.62. The number of aromatic nitrogens is 1. The molecule has 0 amide bonds. The van der Waals surface area contributed by atoms with Gasteiger partial charge in [-0.15, -0.1) is 0 Å². The summed E-state index contributed by atoms with van der Waals surface area (Å²) in [5.74, 6) is 0.236. The second-order valence-corrected chi connectivity index (χ2v) is 5.22. The topological polar surface area (TPSA) is 74.4 Å². The minimum Gasteiger partial charge on any atom is -0.474 e. The molecule has 1 aromatic rings. The molecule has 5 nitrogen and oxygen atoms in total. The van der Waals surface area contributed by atoms with Crippen molar-refractivity contribution in [3.05, 3.63) is 23.9 Å². The maximum absolute atomic E-state index is 11.3. The molecule has 20 heavy (non-hydrogen) atoms. The Morgan fingerprint density at radius 1 is 1.40 bits per heavy atom. The van der Waals surface area contributed by atoms with Gasteiger partial charge in [0.25, 0.3) is 0 Å². The van der Waals surface area contributed by atoms with Crippen molar-refractivity contribution < 1.29 is 14.3 Å². The van der Waals surface area contributed by atoms with Crippen LogP contribution in [0.5, 0.6) is 5.88 Å². The van der Waals surface area contributed by atoms with Crippen molar-refractivity contribution in [2.24, 2.45) is 5.73 Å². The van der Waals surface area contributed by atoms with Crippen molar-refractivity contribution >= 4 is 5.97 Å². The maximum atomic E-state index is 11.3. The number of ether oxygens (including phenoxy) is 2. The normalized spacial score (nSPS) is 17.5. The lowest BCUT2D eigenvalue weighted by Crippen LogP contribution is -2.33. The zero-order valence-electron chi connectivity index (χ0n) is 11.9. The first-order chi connectivity index (χ1) is 9.69. The summed E-state index contributed by atoms with van der Waals surface area (Å²) in [6.45, 7) is 0. The van der Waals surface area contributed by atoms with Gasteiger partial charge in [0.15, 0.2) is 0 Å². The van der Waals surface area contributed by atoms with Gasteiger partial charge in [-0.1, -0.05) is 12.5 Å². The van der Waals surface area contributed by atoms with Gasteiger partial charge in [-0.25, -0.2) is 4.98 Å². The lowest BCUT2D eigenvalue weighted by atomic mass is 9.98. The Labute approximate surface area is 119 Å². The minimum atomic E-state index is -0.646. The number of methoxy groups -OCH3 is 1. The van der Waals surface area contributed by atoms with E-state index in [1.54, 1.807) is 6.20 Å². The van der Waals surface area contributed by atoms with Crippen LogP contribution in [0.15, 0.2) is 18.3 Å². The van der Waals surface area contributed by atoms with Crippen LogP contribution in [-0.2, 0) is 16.0 Å². The van der Waals surface area contributed by atoms with Gasteiger partial charge in [0.2, 0.25) is 5.88 Å². The van der Waals surface area contributed by atoms with Crippen molar-refractivity contribution in [1.82, 2.24) is 4.98 Å². The molecule has 0 spiro atoms. The average Bonchev–Trinajstić information content (AvgIpc) is 2.49. The number of hydrogen-bond donors (Lipinski definition) is 1. The number of nitrogens with two attached hydrogens (primary N) is 1. The Morgan fingerprint density at radius 2 is 2.15 bits per heavy atom. The Hall–Kier alpha value is -1.62. The molecule has 1 atom stereocenters. The monoisotopic (exact) mass is 278 g/mol. The zero-order valence-corrected chi connectivity index (χ0v) is 11.9. The zero-order chi connectivity index (χ0) is 14.4. The second-order valence-electron chi connectivity index (χ2n) is 5.22. The summed E-state index contributed by atoms with van der Waals surface area (Å²) in [6, 6.07) is 3.09. The first-order valence-electron chi connectivity index (χ1n) is 7.14. The highest BCUT2D eigenvalue weighted by Gasteiger charge is 2.16. The molecule has 1 saturated carbocycles. The van der Waals surface area contributed by atoms with Crippen molar-refractivity contribution in [2.75, 3.05) is 7.11 Å². The van der Waals surface area contributed by atoms with Crippen LogP contribution in [0.3, 0.4) is 0 Å². The number of carbonyl (C=O) groups is 1. The highest BCUT2D eigenvalue weighted by Crippen LogP contribution is 2.22. The van der Waals surface area contributed by atoms with Crippen LogP contribution in [-0.4, -0.2) is 30.2 Å². The third-order valence-corrected chi connectivity index (χ3v) is 3.60. The van der Waals surface area contributed by atoms with Gasteiger partial charge in [-0.3, -0.25) is 4.79 Å². The average molecular weight is 278 g/mol. The van der Waals surface area contributed by atoms with Crippen molar-refractivity contribution in [3.8, 4) is 5.88 Å². The van der Waals surface area contributed by atoms with E-state index in [0.717, 1.165) is 18.4 Å². The van der Waals surface area contributed by atoms with E-state index < -0.39 is 12.0 Å². The molecule has 2 N–H and O–H groups in total. The van der Waals surface area contributed by atoms with E-state index in [4.69, 9.17) is 10.5 Å². The second kappa shape index (κ2) is 7.24. The van der Waals surface area contributed by atoms with Crippen LogP contribution in [0.2, 0.25) is 0 Å². The first kappa shape index (κ1) is 14.8. The molecule has 5 heteroatoms. The number of carbonyl (C=O) groups excluding carboxylic acids is 1. The van der Waals surface area contributed by atoms with E-state index in [1.165, 1.54) is 26.4 Å². The summed E-state index contributed by atoms with van der Waals surface area (Å²) in [5, 5.41) is 0. The van der Waals surface area contributed by atoms with Crippen LogP contribution < -0.4 is 10.5 Å². The molecule has 1 aromatic heterocycles. The smallest absolute Gasteiger partial charge is 0.322 e. The van der Waals surface area contributed by atoms with Crippen molar-refractivity contribution in [3.63, 3.8) is 0 Å². The third-order valence-electron chi connectivity index (χ3n) is 3.60. The molecule has 1 fully saturated rings. The third kappa shape index (κ3) is 4.20. The fourth-order valence-electron chi connectivity index (χ4n) is 2.44. The Morgan fingerprint density at radius 3 is 2.75 bits per heavy atom. The highest BCUT2D eigenvalue weighted by atomic mass is 16.5. The Bertz CT molecular complexity index is 427. The number of rotatable bonds is 5. The van der Waals surface area contributed by atoms with E-state index in [2.05, 4.69) is 9.72 Å². The fourth-order valence-corrected chi connectivity index (χ4v) is 2.44. The Balaban J connectivity index is 1.87. The number of hydrogen-bond acceptors (Lipinski definition) is 5. The molecular weight excluding hydrogens is 256 g/mol. The number of esters is 1. The molecule has 0 bridgehead atoms. The van der Waals surface area contributed by atoms with Gasteiger partial charge < -0.3 is 15.2 Å². The highest BCUT2D eigenvalue weighted by molar-refractivity contribution is 5.75. The molecule has 0 aromatic carbocycles. The first-order valence-corrected chi connectivity index (χ1v) is 7.14. The van der Waals surface area contributed by atoms with Crippen LogP contribution >= 0.6 is 0 Å². The summed E-state index contributed by atoms with van der Waals surface area (Å²) >= 11 is 0. The predicted octanol–water partition coefficient (Wildman–Crippen LogP) is 1.84. The molecular formula is C15H22N2O3.